The number of nitriles is 1. The zero-order valence-electron chi connectivity index (χ0n) is 9.95. The third-order valence-electron chi connectivity index (χ3n) is 2.33. The van der Waals surface area contributed by atoms with Crippen LogP contribution < -0.4 is 5.32 Å². The van der Waals surface area contributed by atoms with Crippen LogP contribution in [0.3, 0.4) is 0 Å². The third-order valence-corrected chi connectivity index (χ3v) is 2.33. The summed E-state index contributed by atoms with van der Waals surface area (Å²) in [6, 6.07) is 6.00. The summed E-state index contributed by atoms with van der Waals surface area (Å²) in [6.07, 6.45) is 0. The first-order chi connectivity index (χ1) is 9.10. The Morgan fingerprint density at radius 2 is 2.37 bits per heavy atom. The van der Waals surface area contributed by atoms with Crippen molar-refractivity contribution in [2.24, 2.45) is 0 Å². The van der Waals surface area contributed by atoms with Gasteiger partial charge in [-0.1, -0.05) is 5.16 Å². The summed E-state index contributed by atoms with van der Waals surface area (Å²) < 4.78 is 4.79. The van der Waals surface area contributed by atoms with Crippen molar-refractivity contribution in [1.82, 2.24) is 10.1 Å². The molecule has 0 saturated carbocycles. The van der Waals surface area contributed by atoms with Gasteiger partial charge in [0.15, 0.2) is 5.82 Å². The summed E-state index contributed by atoms with van der Waals surface area (Å²) in [6.45, 7) is 1.82. The predicted octanol–water partition coefficient (Wildman–Crippen LogP) is 1.77. The Hall–Kier alpha value is -2.95. The Kier molecular flexibility index (Phi) is 3.38. The molecule has 1 heterocycles. The van der Waals surface area contributed by atoms with Gasteiger partial charge >= 0.3 is 0 Å². The summed E-state index contributed by atoms with van der Waals surface area (Å²) in [5.41, 5.74) is 0.461. The summed E-state index contributed by atoms with van der Waals surface area (Å²) in [5, 5.41) is 26.1. The van der Waals surface area contributed by atoms with Crippen molar-refractivity contribution in [2.45, 2.75) is 13.5 Å². The first-order valence-corrected chi connectivity index (χ1v) is 5.32. The molecule has 2 aromatic rings. The maximum absolute atomic E-state index is 10.9. The lowest BCUT2D eigenvalue weighted by Gasteiger charge is -2.04. The standard InChI is InChI=1S/C11H9N5O3/c1-7-14-11(15-19-7)6-13-9-4-8(5-12)2-3-10(9)16(17)18/h2-4,13H,6H2,1H3. The molecule has 0 amide bonds. The van der Waals surface area contributed by atoms with Gasteiger partial charge in [-0.15, -0.1) is 0 Å². The molecule has 96 valence electrons. The number of aromatic nitrogens is 2. The van der Waals surface area contributed by atoms with E-state index in [1.54, 1.807) is 6.92 Å². The van der Waals surface area contributed by atoms with E-state index < -0.39 is 4.92 Å². The number of nitro benzene ring substituents is 1. The van der Waals surface area contributed by atoms with Gasteiger partial charge in [0.25, 0.3) is 5.69 Å². The molecule has 0 radical (unpaired) electrons. The van der Waals surface area contributed by atoms with Gasteiger partial charge in [0.05, 0.1) is 23.1 Å². The van der Waals surface area contributed by atoms with E-state index >= 15 is 0 Å². The average molecular weight is 259 g/mol. The minimum Gasteiger partial charge on any atom is -0.372 e. The van der Waals surface area contributed by atoms with Crippen LogP contribution in [0.4, 0.5) is 11.4 Å². The van der Waals surface area contributed by atoms with Gasteiger partial charge in [0, 0.05) is 13.0 Å². The zero-order chi connectivity index (χ0) is 13.8. The molecule has 2 rings (SSSR count). The highest BCUT2D eigenvalue weighted by atomic mass is 16.6. The molecule has 0 saturated heterocycles. The van der Waals surface area contributed by atoms with Crippen LogP contribution in [0, 0.1) is 28.4 Å². The van der Waals surface area contributed by atoms with Crippen molar-refractivity contribution in [1.29, 1.82) is 5.26 Å². The fourth-order valence-corrected chi connectivity index (χ4v) is 1.49. The van der Waals surface area contributed by atoms with Gasteiger partial charge in [-0.3, -0.25) is 10.1 Å². The van der Waals surface area contributed by atoms with Crippen LogP contribution in [0.15, 0.2) is 22.7 Å². The largest absolute Gasteiger partial charge is 0.372 e. The molecule has 1 N–H and O–H groups in total. The quantitative estimate of drug-likeness (QED) is 0.656. The molecule has 8 heteroatoms. The molecule has 0 atom stereocenters. The Morgan fingerprint density at radius 3 is 2.95 bits per heavy atom. The molecule has 0 aliphatic rings. The summed E-state index contributed by atoms with van der Waals surface area (Å²) in [4.78, 5) is 14.3. The van der Waals surface area contributed by atoms with Gasteiger partial charge in [0.2, 0.25) is 5.89 Å². The maximum atomic E-state index is 10.9. The summed E-state index contributed by atoms with van der Waals surface area (Å²) >= 11 is 0. The number of rotatable bonds is 4. The Labute approximate surface area is 107 Å². The van der Waals surface area contributed by atoms with Crippen LogP contribution in [0.2, 0.25) is 0 Å². The molecule has 0 bridgehead atoms. The average Bonchev–Trinajstić information content (AvgIpc) is 2.81. The second-order valence-corrected chi connectivity index (χ2v) is 3.68. The second-order valence-electron chi connectivity index (χ2n) is 3.68. The summed E-state index contributed by atoms with van der Waals surface area (Å²) in [7, 11) is 0. The molecular weight excluding hydrogens is 250 g/mol. The highest BCUT2D eigenvalue weighted by Crippen LogP contribution is 2.25. The molecule has 0 fully saturated rings. The van der Waals surface area contributed by atoms with E-state index in [0.29, 0.717) is 17.3 Å². The van der Waals surface area contributed by atoms with E-state index in [-0.39, 0.29) is 17.9 Å². The van der Waals surface area contributed by atoms with Crippen molar-refractivity contribution in [3.05, 3.63) is 45.6 Å². The lowest BCUT2D eigenvalue weighted by atomic mass is 10.2. The van der Waals surface area contributed by atoms with E-state index in [0.717, 1.165) is 0 Å². The first kappa shape index (κ1) is 12.5. The molecular formula is C11H9N5O3. The van der Waals surface area contributed by atoms with Crippen molar-refractivity contribution in [3.63, 3.8) is 0 Å². The van der Waals surface area contributed by atoms with E-state index in [1.165, 1.54) is 18.2 Å². The van der Waals surface area contributed by atoms with Crippen LogP contribution in [0.1, 0.15) is 17.3 Å². The fourth-order valence-electron chi connectivity index (χ4n) is 1.49. The van der Waals surface area contributed by atoms with Crippen molar-refractivity contribution in [2.75, 3.05) is 5.32 Å². The highest BCUT2D eigenvalue weighted by Gasteiger charge is 2.14. The lowest BCUT2D eigenvalue weighted by molar-refractivity contribution is -0.384. The van der Waals surface area contributed by atoms with Gasteiger partial charge in [0.1, 0.15) is 5.69 Å². The minimum atomic E-state index is -0.523. The van der Waals surface area contributed by atoms with Crippen LogP contribution >= 0.6 is 0 Å². The number of aryl methyl sites for hydroxylation is 1. The molecule has 8 nitrogen and oxygen atoms in total. The summed E-state index contributed by atoms with van der Waals surface area (Å²) in [5.74, 6) is 0.797. The molecule has 1 aromatic carbocycles. The molecule has 0 aliphatic carbocycles. The Balaban J connectivity index is 2.22. The molecule has 1 aromatic heterocycles. The number of benzene rings is 1. The number of nitro groups is 1. The number of hydrogen-bond acceptors (Lipinski definition) is 7. The molecule has 0 spiro atoms. The van der Waals surface area contributed by atoms with Crippen LogP contribution in [-0.2, 0) is 6.54 Å². The van der Waals surface area contributed by atoms with Crippen LogP contribution in [-0.4, -0.2) is 15.1 Å². The SMILES string of the molecule is Cc1nc(CNc2cc(C#N)ccc2[N+](=O)[O-])no1. The fraction of sp³-hybridized carbons (Fsp3) is 0.182. The van der Waals surface area contributed by atoms with Crippen LogP contribution in [0.5, 0.6) is 0 Å². The maximum Gasteiger partial charge on any atom is 0.292 e. The Morgan fingerprint density at radius 1 is 1.58 bits per heavy atom. The number of nitrogens with one attached hydrogen (secondary N) is 1. The van der Waals surface area contributed by atoms with Gasteiger partial charge in [-0.05, 0) is 12.1 Å². The first-order valence-electron chi connectivity index (χ1n) is 5.32. The molecule has 0 aliphatic heterocycles. The van der Waals surface area contributed by atoms with Crippen molar-refractivity contribution < 1.29 is 9.45 Å². The smallest absolute Gasteiger partial charge is 0.292 e. The number of hydrogen-bond donors (Lipinski definition) is 1. The number of nitrogens with zero attached hydrogens (tertiary/aromatic N) is 4. The van der Waals surface area contributed by atoms with E-state index in [2.05, 4.69) is 15.5 Å². The van der Waals surface area contributed by atoms with Gasteiger partial charge in [-0.2, -0.15) is 10.2 Å². The minimum absolute atomic E-state index is 0.112. The van der Waals surface area contributed by atoms with E-state index in [9.17, 15) is 10.1 Å². The molecule has 0 unspecified atom stereocenters. The van der Waals surface area contributed by atoms with Gasteiger partial charge < -0.3 is 9.84 Å². The predicted molar refractivity (Wildman–Crippen MR) is 64.2 cm³/mol. The van der Waals surface area contributed by atoms with Crippen LogP contribution in [0.25, 0.3) is 0 Å². The normalized spacial score (nSPS) is 9.89. The Bertz CT molecular complexity index is 659. The zero-order valence-corrected chi connectivity index (χ0v) is 9.95. The van der Waals surface area contributed by atoms with E-state index in [1.807, 2.05) is 6.07 Å². The van der Waals surface area contributed by atoms with Crippen molar-refractivity contribution in [3.8, 4) is 6.07 Å². The van der Waals surface area contributed by atoms with Gasteiger partial charge in [-0.25, -0.2) is 0 Å². The lowest BCUT2D eigenvalue weighted by Crippen LogP contribution is -2.04. The highest BCUT2D eigenvalue weighted by molar-refractivity contribution is 5.64. The molecule has 19 heavy (non-hydrogen) atoms. The number of anilines is 1. The van der Waals surface area contributed by atoms with E-state index in [4.69, 9.17) is 9.78 Å². The topological polar surface area (TPSA) is 118 Å². The third kappa shape index (κ3) is 2.84. The van der Waals surface area contributed by atoms with Crippen molar-refractivity contribution >= 4 is 11.4 Å². The second kappa shape index (κ2) is 5.14. The monoisotopic (exact) mass is 259 g/mol.